The van der Waals surface area contributed by atoms with Crippen molar-refractivity contribution in [2.24, 2.45) is 0 Å². The van der Waals surface area contributed by atoms with E-state index in [1.807, 2.05) is 0 Å². The third-order valence-electron chi connectivity index (χ3n) is 14.3. The molecule has 316 valence electrons. The minimum atomic E-state index is 1.15. The van der Waals surface area contributed by atoms with E-state index in [-0.39, 0.29) is 0 Å². The molecule has 2 nitrogen and oxygen atoms in total. The van der Waals surface area contributed by atoms with Crippen LogP contribution in [0.1, 0.15) is 0 Å². The number of benzene rings is 12. The monoisotopic (exact) mass is 862 g/mol. The number of aromatic nitrogens is 2. The zero-order valence-corrected chi connectivity index (χ0v) is 37.1. The van der Waals surface area contributed by atoms with Gasteiger partial charge in [-0.25, -0.2) is 0 Å². The van der Waals surface area contributed by atoms with E-state index in [9.17, 15) is 0 Å². The first-order valence-electron chi connectivity index (χ1n) is 23.5. The van der Waals surface area contributed by atoms with Crippen molar-refractivity contribution in [3.8, 4) is 55.9 Å². The van der Waals surface area contributed by atoms with Gasteiger partial charge in [-0.15, -0.1) is 0 Å². The lowest BCUT2D eigenvalue weighted by molar-refractivity contribution is 1.18. The van der Waals surface area contributed by atoms with Crippen LogP contribution in [0.4, 0.5) is 0 Å². The Kier molecular flexibility index (Phi) is 8.62. The van der Waals surface area contributed by atoms with Gasteiger partial charge in [-0.3, -0.25) is 0 Å². The molecule has 2 heterocycles. The predicted octanol–water partition coefficient (Wildman–Crippen LogP) is 18.0. The molecule has 12 aromatic carbocycles. The van der Waals surface area contributed by atoms with E-state index in [1.165, 1.54) is 120 Å². The van der Waals surface area contributed by atoms with Gasteiger partial charge >= 0.3 is 0 Å². The fourth-order valence-electron chi connectivity index (χ4n) is 11.2. The normalized spacial score (nSPS) is 11.8. The van der Waals surface area contributed by atoms with Gasteiger partial charge in [0.15, 0.2) is 0 Å². The van der Waals surface area contributed by atoms with Gasteiger partial charge in [-0.2, -0.15) is 0 Å². The van der Waals surface area contributed by atoms with Crippen molar-refractivity contribution in [3.05, 3.63) is 255 Å². The Morgan fingerprint density at radius 3 is 1.18 bits per heavy atom. The smallest absolute Gasteiger partial charge is 0.0547 e. The molecule has 0 aliphatic rings. The van der Waals surface area contributed by atoms with Gasteiger partial charge in [-0.05, 0) is 144 Å². The van der Waals surface area contributed by atoms with Crippen LogP contribution in [0.15, 0.2) is 255 Å². The molecule has 0 spiro atoms. The first kappa shape index (κ1) is 38.3. The second-order valence-corrected chi connectivity index (χ2v) is 18.0. The lowest BCUT2D eigenvalue weighted by Gasteiger charge is -2.18. The average Bonchev–Trinajstić information content (AvgIpc) is 3.92. The van der Waals surface area contributed by atoms with Gasteiger partial charge in [0.05, 0.1) is 22.1 Å². The van der Waals surface area contributed by atoms with Gasteiger partial charge in [0.1, 0.15) is 0 Å². The number of nitrogens with zero attached hydrogens (tertiary/aromatic N) is 2. The highest BCUT2D eigenvalue weighted by atomic mass is 15.0. The summed E-state index contributed by atoms with van der Waals surface area (Å²) in [5, 5.41) is 12.4. The summed E-state index contributed by atoms with van der Waals surface area (Å²) in [4.78, 5) is 0. The van der Waals surface area contributed by atoms with Crippen molar-refractivity contribution >= 4 is 75.9 Å². The van der Waals surface area contributed by atoms with Crippen molar-refractivity contribution in [1.29, 1.82) is 0 Å². The molecule has 14 rings (SSSR count). The van der Waals surface area contributed by atoms with E-state index in [0.29, 0.717) is 0 Å². The molecule has 0 saturated carbocycles. The molecule has 14 aromatic rings. The number of rotatable bonds is 6. The molecule has 0 radical (unpaired) electrons. The highest BCUT2D eigenvalue weighted by molar-refractivity contribution is 6.20. The molecule has 0 aliphatic heterocycles. The van der Waals surface area contributed by atoms with E-state index in [2.05, 4.69) is 264 Å². The third kappa shape index (κ3) is 5.98. The fraction of sp³-hybridized carbons (Fsp3) is 0. The van der Waals surface area contributed by atoms with Crippen molar-refractivity contribution in [3.63, 3.8) is 0 Å². The highest BCUT2D eigenvalue weighted by Gasteiger charge is 2.20. The standard InChI is InChI=1S/C66H42N2/c1-4-16-43(17-5-1)45-32-30-44-31-33-48(39-49(44)38-45)66-58-26-14-24-52(46-34-36-56-54-22-10-12-28-62(54)67(64(56)40-46)50-18-6-2-7-19-50)60(58)42-61-53(25-15-27-59(61)66)47-35-37-57-55-23-11-13-29-63(55)68(65(57)41-47)51-20-8-3-9-21-51/h1-42H. The summed E-state index contributed by atoms with van der Waals surface area (Å²) < 4.78 is 4.84. The lowest BCUT2D eigenvalue weighted by atomic mass is 9.85. The number of hydrogen-bond donors (Lipinski definition) is 0. The maximum atomic E-state index is 2.47. The maximum absolute atomic E-state index is 2.47. The molecule has 0 aliphatic carbocycles. The summed E-state index contributed by atoms with van der Waals surface area (Å²) in [5.74, 6) is 0. The number of para-hydroxylation sites is 4. The molecular weight excluding hydrogens is 821 g/mol. The summed E-state index contributed by atoms with van der Waals surface area (Å²) in [6.45, 7) is 0. The highest BCUT2D eigenvalue weighted by Crippen LogP contribution is 2.46. The summed E-state index contributed by atoms with van der Waals surface area (Å²) in [7, 11) is 0. The summed E-state index contributed by atoms with van der Waals surface area (Å²) >= 11 is 0. The van der Waals surface area contributed by atoms with E-state index in [1.54, 1.807) is 0 Å². The fourth-order valence-corrected chi connectivity index (χ4v) is 11.2. The van der Waals surface area contributed by atoms with Gasteiger partial charge in [-0.1, -0.05) is 188 Å². The Labute approximate surface area is 393 Å². The van der Waals surface area contributed by atoms with Crippen molar-refractivity contribution < 1.29 is 0 Å². The summed E-state index contributed by atoms with van der Waals surface area (Å²) in [6, 6.07) is 94.0. The lowest BCUT2D eigenvalue weighted by Crippen LogP contribution is -1.94. The van der Waals surface area contributed by atoms with Crippen LogP contribution in [-0.4, -0.2) is 9.13 Å². The average molecular weight is 863 g/mol. The van der Waals surface area contributed by atoms with Crippen LogP contribution in [-0.2, 0) is 0 Å². The Morgan fingerprint density at radius 1 is 0.206 bits per heavy atom. The summed E-state index contributed by atoms with van der Waals surface area (Å²) in [5.41, 5.74) is 16.8. The maximum Gasteiger partial charge on any atom is 0.0547 e. The van der Waals surface area contributed by atoms with Crippen LogP contribution < -0.4 is 0 Å². The second kappa shape index (κ2) is 15.3. The van der Waals surface area contributed by atoms with Gasteiger partial charge in [0.2, 0.25) is 0 Å². The zero-order valence-electron chi connectivity index (χ0n) is 37.1. The minimum Gasteiger partial charge on any atom is -0.309 e. The van der Waals surface area contributed by atoms with E-state index < -0.39 is 0 Å². The molecule has 0 fully saturated rings. The molecule has 2 aromatic heterocycles. The molecule has 2 heteroatoms. The predicted molar refractivity (Wildman–Crippen MR) is 289 cm³/mol. The van der Waals surface area contributed by atoms with Crippen LogP contribution in [0.2, 0.25) is 0 Å². The van der Waals surface area contributed by atoms with Gasteiger partial charge in [0, 0.05) is 32.9 Å². The zero-order chi connectivity index (χ0) is 44.7. The quantitative estimate of drug-likeness (QED) is 0.147. The number of fused-ring (bicyclic) bond motifs is 9. The Balaban J connectivity index is 1.05. The molecule has 0 saturated heterocycles. The Morgan fingerprint density at radius 2 is 0.632 bits per heavy atom. The molecule has 0 atom stereocenters. The van der Waals surface area contributed by atoms with Crippen molar-refractivity contribution in [2.45, 2.75) is 0 Å². The largest absolute Gasteiger partial charge is 0.309 e. The summed E-state index contributed by atoms with van der Waals surface area (Å²) in [6.07, 6.45) is 0. The Hall–Kier alpha value is -8.98. The second-order valence-electron chi connectivity index (χ2n) is 18.0. The van der Waals surface area contributed by atoms with Crippen LogP contribution in [0.25, 0.3) is 132 Å². The van der Waals surface area contributed by atoms with Crippen LogP contribution in [0, 0.1) is 0 Å². The third-order valence-corrected chi connectivity index (χ3v) is 14.3. The van der Waals surface area contributed by atoms with E-state index in [0.717, 1.165) is 11.4 Å². The van der Waals surface area contributed by atoms with Crippen LogP contribution >= 0.6 is 0 Å². The van der Waals surface area contributed by atoms with E-state index >= 15 is 0 Å². The molecule has 0 bridgehead atoms. The first-order chi connectivity index (χ1) is 33.7. The van der Waals surface area contributed by atoms with Crippen molar-refractivity contribution in [1.82, 2.24) is 9.13 Å². The minimum absolute atomic E-state index is 1.15. The Bertz CT molecular complexity index is 4080. The van der Waals surface area contributed by atoms with Gasteiger partial charge < -0.3 is 9.13 Å². The molecule has 0 amide bonds. The molecule has 0 N–H and O–H groups in total. The van der Waals surface area contributed by atoms with Crippen molar-refractivity contribution in [2.75, 3.05) is 0 Å². The molecule has 68 heavy (non-hydrogen) atoms. The topological polar surface area (TPSA) is 9.86 Å². The number of hydrogen-bond acceptors (Lipinski definition) is 0. The van der Waals surface area contributed by atoms with Crippen LogP contribution in [0.3, 0.4) is 0 Å². The first-order valence-corrected chi connectivity index (χ1v) is 23.5. The van der Waals surface area contributed by atoms with E-state index in [4.69, 9.17) is 0 Å². The van der Waals surface area contributed by atoms with Crippen LogP contribution in [0.5, 0.6) is 0 Å². The molecule has 0 unspecified atom stereocenters. The SMILES string of the molecule is c1ccc(-c2ccc3ccc(-c4c5cccc(-c6ccc7c8ccccc8n(-c8ccccc8)c7c6)c5cc5c(-c6ccc7c8ccccc8n(-c8ccccc8)c7c6)cccc45)cc3c2)cc1. The molecular formula is C66H42N2. The van der Waals surface area contributed by atoms with Gasteiger partial charge in [0.25, 0.3) is 0 Å².